The van der Waals surface area contributed by atoms with E-state index in [4.69, 9.17) is 27.3 Å². The number of nitro groups is 1. The van der Waals surface area contributed by atoms with Gasteiger partial charge in [0, 0.05) is 18.3 Å². The minimum Gasteiger partial charge on any atom is -0.455 e. The Hall–Kier alpha value is -2.87. The van der Waals surface area contributed by atoms with Crippen molar-refractivity contribution in [3.05, 3.63) is 57.4 Å². The highest BCUT2D eigenvalue weighted by Crippen LogP contribution is 2.32. The Morgan fingerprint density at radius 2 is 2.19 bits per heavy atom. The Kier molecular flexibility index (Phi) is 4.19. The summed E-state index contributed by atoms with van der Waals surface area (Å²) < 4.78 is 5.47. The molecule has 8 nitrogen and oxygen atoms in total. The fourth-order valence-corrected chi connectivity index (χ4v) is 1.63. The number of ether oxygens (including phenoxy) is 1. The molecule has 0 atom stereocenters. The number of hydrogen-bond acceptors (Lipinski definition) is 6. The molecule has 0 aliphatic carbocycles. The zero-order valence-corrected chi connectivity index (χ0v) is 11.2. The summed E-state index contributed by atoms with van der Waals surface area (Å²) in [5.74, 6) is 0.210. The maximum atomic E-state index is 10.7. The second kappa shape index (κ2) is 6.06. The van der Waals surface area contributed by atoms with Gasteiger partial charge >= 0.3 is 0 Å². The van der Waals surface area contributed by atoms with Crippen LogP contribution in [0.3, 0.4) is 0 Å². The lowest BCUT2D eigenvalue weighted by Crippen LogP contribution is -2.14. The number of nitrogens with two attached hydrogens (primary N) is 1. The quantitative estimate of drug-likeness (QED) is 0.294. The molecule has 0 spiro atoms. The molecule has 2 rings (SSSR count). The van der Waals surface area contributed by atoms with E-state index in [-0.39, 0.29) is 33.7 Å². The van der Waals surface area contributed by atoms with Crippen molar-refractivity contribution in [3.63, 3.8) is 0 Å². The van der Waals surface area contributed by atoms with Crippen LogP contribution >= 0.6 is 11.6 Å². The average Bonchev–Trinajstić information content (AvgIpc) is 2.48. The van der Waals surface area contributed by atoms with Gasteiger partial charge in [-0.25, -0.2) is 0 Å². The Morgan fingerprint density at radius 1 is 1.43 bits per heavy atom. The summed E-state index contributed by atoms with van der Waals surface area (Å²) in [7, 11) is 0. The summed E-state index contributed by atoms with van der Waals surface area (Å²) in [5.41, 5.74) is 5.46. The first-order valence-corrected chi connectivity index (χ1v) is 5.95. The van der Waals surface area contributed by atoms with Gasteiger partial charge in [0.2, 0.25) is 0 Å². The zero-order valence-electron chi connectivity index (χ0n) is 10.4. The van der Waals surface area contributed by atoms with Gasteiger partial charge < -0.3 is 15.7 Å². The third kappa shape index (κ3) is 3.37. The van der Waals surface area contributed by atoms with E-state index < -0.39 is 4.92 Å². The molecule has 21 heavy (non-hydrogen) atoms. The van der Waals surface area contributed by atoms with Crippen molar-refractivity contribution in [1.29, 1.82) is 0 Å². The molecule has 0 aliphatic rings. The van der Waals surface area contributed by atoms with Crippen LogP contribution in [-0.4, -0.2) is 21.0 Å². The molecule has 0 fully saturated rings. The molecule has 2 aromatic rings. The Balaban J connectivity index is 2.34. The molecular formula is C12H9ClN4O4. The Bertz CT molecular complexity index is 720. The molecule has 0 bridgehead atoms. The van der Waals surface area contributed by atoms with Gasteiger partial charge in [0.25, 0.3) is 5.69 Å². The number of benzene rings is 1. The van der Waals surface area contributed by atoms with Crippen molar-refractivity contribution in [3.8, 4) is 11.5 Å². The molecule has 1 aromatic carbocycles. The molecule has 0 aliphatic heterocycles. The van der Waals surface area contributed by atoms with Gasteiger partial charge in [0.1, 0.15) is 11.4 Å². The molecule has 1 aromatic heterocycles. The second-order valence-corrected chi connectivity index (χ2v) is 4.24. The lowest BCUT2D eigenvalue weighted by molar-refractivity contribution is -0.384. The van der Waals surface area contributed by atoms with Crippen LogP contribution < -0.4 is 10.5 Å². The second-order valence-electron chi connectivity index (χ2n) is 3.84. The van der Waals surface area contributed by atoms with Crippen molar-refractivity contribution < 1.29 is 14.9 Å². The number of oxime groups is 1. The van der Waals surface area contributed by atoms with Crippen LogP contribution in [0.15, 0.2) is 41.7 Å². The average molecular weight is 309 g/mol. The van der Waals surface area contributed by atoms with Crippen LogP contribution in [0.25, 0.3) is 0 Å². The highest BCUT2D eigenvalue weighted by Gasteiger charge is 2.12. The monoisotopic (exact) mass is 308 g/mol. The standard InChI is InChI=1S/C12H9ClN4O4/c13-9-2-1-7(17(19)20)5-11(9)21-8-3-4-15-10(6-8)12(14)16-18/h1-6,18H,(H2,14,16). The summed E-state index contributed by atoms with van der Waals surface area (Å²) in [4.78, 5) is 14.1. The molecule has 9 heteroatoms. The molecule has 3 N–H and O–H groups in total. The van der Waals surface area contributed by atoms with E-state index in [2.05, 4.69) is 10.1 Å². The van der Waals surface area contributed by atoms with Crippen molar-refractivity contribution >= 4 is 23.1 Å². The molecule has 0 radical (unpaired) electrons. The fraction of sp³-hybridized carbons (Fsp3) is 0. The van der Waals surface area contributed by atoms with Gasteiger partial charge in [-0.05, 0) is 12.1 Å². The van der Waals surface area contributed by atoms with Crippen LogP contribution in [0.2, 0.25) is 5.02 Å². The SMILES string of the molecule is NC(=NO)c1cc(Oc2cc([N+](=O)[O-])ccc2Cl)ccn1. The molecule has 0 unspecified atom stereocenters. The molecule has 1 heterocycles. The van der Waals surface area contributed by atoms with E-state index in [1.165, 1.54) is 36.5 Å². The van der Waals surface area contributed by atoms with Crippen molar-refractivity contribution in [1.82, 2.24) is 4.98 Å². The van der Waals surface area contributed by atoms with E-state index >= 15 is 0 Å². The van der Waals surface area contributed by atoms with E-state index in [1.807, 2.05) is 0 Å². The maximum absolute atomic E-state index is 10.7. The molecule has 0 amide bonds. The fourth-order valence-electron chi connectivity index (χ4n) is 1.48. The smallest absolute Gasteiger partial charge is 0.273 e. The summed E-state index contributed by atoms with van der Waals surface area (Å²) >= 11 is 5.93. The Morgan fingerprint density at radius 3 is 2.86 bits per heavy atom. The number of non-ortho nitro benzene ring substituents is 1. The van der Waals surface area contributed by atoms with Crippen LogP contribution in [0.4, 0.5) is 5.69 Å². The van der Waals surface area contributed by atoms with Crippen molar-refractivity contribution in [2.75, 3.05) is 0 Å². The molecule has 108 valence electrons. The summed E-state index contributed by atoms with van der Waals surface area (Å²) in [6.45, 7) is 0. The van der Waals surface area contributed by atoms with Crippen molar-refractivity contribution in [2.24, 2.45) is 10.9 Å². The topological polar surface area (TPSA) is 124 Å². The van der Waals surface area contributed by atoms with Gasteiger partial charge in [-0.1, -0.05) is 16.8 Å². The van der Waals surface area contributed by atoms with Crippen LogP contribution in [-0.2, 0) is 0 Å². The number of nitrogens with zero attached hydrogens (tertiary/aromatic N) is 3. The third-order valence-electron chi connectivity index (χ3n) is 2.45. The Labute approximate surface area is 123 Å². The molecular weight excluding hydrogens is 300 g/mol. The minimum atomic E-state index is -0.558. The first-order chi connectivity index (χ1) is 10.0. The summed E-state index contributed by atoms with van der Waals surface area (Å²) in [6, 6.07) is 6.74. The third-order valence-corrected chi connectivity index (χ3v) is 2.77. The van der Waals surface area contributed by atoms with E-state index in [1.54, 1.807) is 0 Å². The number of hydrogen-bond donors (Lipinski definition) is 2. The lowest BCUT2D eigenvalue weighted by atomic mass is 10.3. The van der Waals surface area contributed by atoms with Gasteiger partial charge in [-0.2, -0.15) is 0 Å². The normalized spacial score (nSPS) is 11.2. The summed E-state index contributed by atoms with van der Waals surface area (Å²) in [6.07, 6.45) is 1.38. The number of aromatic nitrogens is 1. The molecule has 0 saturated heterocycles. The van der Waals surface area contributed by atoms with Gasteiger partial charge in [0.05, 0.1) is 16.0 Å². The number of amidine groups is 1. The summed E-state index contributed by atoms with van der Waals surface area (Å²) in [5, 5.41) is 22.4. The van der Waals surface area contributed by atoms with E-state index in [9.17, 15) is 10.1 Å². The van der Waals surface area contributed by atoms with Crippen LogP contribution in [0.5, 0.6) is 11.5 Å². The first-order valence-electron chi connectivity index (χ1n) is 5.57. The highest BCUT2D eigenvalue weighted by atomic mass is 35.5. The van der Waals surface area contributed by atoms with Gasteiger partial charge in [-0.3, -0.25) is 15.1 Å². The van der Waals surface area contributed by atoms with E-state index in [0.29, 0.717) is 0 Å². The van der Waals surface area contributed by atoms with Crippen LogP contribution in [0, 0.1) is 10.1 Å². The largest absolute Gasteiger partial charge is 0.455 e. The number of nitro benzene ring substituents is 1. The zero-order chi connectivity index (χ0) is 15.4. The molecule has 0 saturated carbocycles. The first kappa shape index (κ1) is 14.5. The van der Waals surface area contributed by atoms with Gasteiger partial charge in [0.15, 0.2) is 11.6 Å². The highest BCUT2D eigenvalue weighted by molar-refractivity contribution is 6.32. The number of halogens is 1. The predicted octanol–water partition coefficient (Wildman–Crippen LogP) is 2.53. The maximum Gasteiger partial charge on any atom is 0.273 e. The lowest BCUT2D eigenvalue weighted by Gasteiger charge is -2.08. The predicted molar refractivity (Wildman–Crippen MR) is 74.9 cm³/mol. The van der Waals surface area contributed by atoms with Gasteiger partial charge in [-0.15, -0.1) is 0 Å². The number of rotatable bonds is 4. The van der Waals surface area contributed by atoms with Crippen LogP contribution in [0.1, 0.15) is 5.69 Å². The minimum absolute atomic E-state index is 0.113. The van der Waals surface area contributed by atoms with E-state index in [0.717, 1.165) is 0 Å². The van der Waals surface area contributed by atoms with Crippen molar-refractivity contribution in [2.45, 2.75) is 0 Å². The number of pyridine rings is 1.